The Labute approximate surface area is 333 Å². The van der Waals surface area contributed by atoms with Crippen LogP contribution >= 0.6 is 0 Å². The van der Waals surface area contributed by atoms with E-state index in [4.69, 9.17) is 0 Å². The molecule has 0 aliphatic heterocycles. The molecule has 0 saturated heterocycles. The second kappa shape index (κ2) is 14.7. The summed E-state index contributed by atoms with van der Waals surface area (Å²) >= 11 is 0. The predicted molar refractivity (Wildman–Crippen MR) is 243 cm³/mol. The quantitative estimate of drug-likeness (QED) is 0.167. The van der Waals surface area contributed by atoms with Crippen molar-refractivity contribution in [3.8, 4) is 44.8 Å². The van der Waals surface area contributed by atoms with Crippen LogP contribution < -0.4 is 0 Å². The second-order valence-electron chi connectivity index (χ2n) is 14.6. The molecule has 0 unspecified atom stereocenters. The van der Waals surface area contributed by atoms with Gasteiger partial charge < -0.3 is 9.13 Å². The summed E-state index contributed by atoms with van der Waals surface area (Å²) in [6.45, 7) is 2.08. The highest BCUT2D eigenvalue weighted by atomic mass is 15.0. The number of aryl methyl sites for hydroxylation is 1. The van der Waals surface area contributed by atoms with Crippen molar-refractivity contribution in [3.05, 3.63) is 230 Å². The summed E-state index contributed by atoms with van der Waals surface area (Å²) in [5, 5.41) is 5.03. The fourth-order valence-electron chi connectivity index (χ4n) is 8.39. The number of fused-ring (bicyclic) bond motifs is 6. The molecule has 0 saturated carbocycles. The van der Waals surface area contributed by atoms with Gasteiger partial charge in [-0.15, -0.1) is 0 Å². The van der Waals surface area contributed by atoms with Gasteiger partial charge in [0.15, 0.2) is 0 Å². The maximum Gasteiger partial charge on any atom is 0.0541 e. The van der Waals surface area contributed by atoms with E-state index in [0.29, 0.717) is 0 Å². The predicted octanol–water partition coefficient (Wildman–Crippen LogP) is 14.9. The molecule has 0 N–H and O–H groups in total. The van der Waals surface area contributed by atoms with Gasteiger partial charge in [0, 0.05) is 32.9 Å². The summed E-state index contributed by atoms with van der Waals surface area (Å²) in [6.07, 6.45) is 0. The van der Waals surface area contributed by atoms with Crippen molar-refractivity contribution < 1.29 is 0 Å². The maximum absolute atomic E-state index is 2.42. The van der Waals surface area contributed by atoms with Crippen molar-refractivity contribution in [1.82, 2.24) is 9.13 Å². The van der Waals surface area contributed by atoms with Crippen LogP contribution in [0.15, 0.2) is 224 Å². The topological polar surface area (TPSA) is 9.86 Å². The molecule has 2 heteroatoms. The molecular formula is C55H40N2. The number of benzene rings is 9. The number of para-hydroxylation sites is 3. The minimum atomic E-state index is 1.15. The van der Waals surface area contributed by atoms with E-state index in [2.05, 4.69) is 222 Å². The highest BCUT2D eigenvalue weighted by molar-refractivity contribution is 6.12. The highest BCUT2D eigenvalue weighted by Crippen LogP contribution is 2.39. The molecule has 0 aliphatic rings. The minimum Gasteiger partial charge on any atom is -0.309 e. The molecule has 2 nitrogen and oxygen atoms in total. The molecular weight excluding hydrogens is 689 g/mol. The summed E-state index contributed by atoms with van der Waals surface area (Å²) in [5.41, 5.74) is 15.8. The largest absolute Gasteiger partial charge is 0.309 e. The van der Waals surface area contributed by atoms with Crippen LogP contribution in [0.3, 0.4) is 0 Å². The second-order valence-corrected chi connectivity index (χ2v) is 14.6. The number of nitrogens with zero attached hydrogens (tertiary/aromatic N) is 2. The SMILES string of the molecule is Cc1ccccc1.c1ccc(-c2ccccc2-c2cccc(-n3c4ccccc4c4cc(-c5ccc6c(c5)c5ccccc5n6-c5ccccc5)ccc43)c2)cc1. The fraction of sp³-hybridized carbons (Fsp3) is 0.0182. The third-order valence-corrected chi connectivity index (χ3v) is 11.1. The smallest absolute Gasteiger partial charge is 0.0541 e. The third-order valence-electron chi connectivity index (χ3n) is 11.1. The Hall–Kier alpha value is -7.42. The van der Waals surface area contributed by atoms with Crippen LogP contribution in [0.5, 0.6) is 0 Å². The zero-order valence-electron chi connectivity index (χ0n) is 31.8. The first-order chi connectivity index (χ1) is 28.2. The van der Waals surface area contributed by atoms with Crippen LogP contribution in [-0.2, 0) is 0 Å². The van der Waals surface area contributed by atoms with Crippen molar-refractivity contribution in [2.24, 2.45) is 0 Å². The monoisotopic (exact) mass is 728 g/mol. The van der Waals surface area contributed by atoms with Gasteiger partial charge in [0.1, 0.15) is 0 Å². The first kappa shape index (κ1) is 34.1. The minimum absolute atomic E-state index is 1.15. The van der Waals surface area contributed by atoms with E-state index < -0.39 is 0 Å². The summed E-state index contributed by atoms with van der Waals surface area (Å²) < 4.78 is 4.79. The molecule has 0 atom stereocenters. The summed E-state index contributed by atoms with van der Waals surface area (Å²) in [4.78, 5) is 0. The van der Waals surface area contributed by atoms with Crippen LogP contribution in [0.2, 0.25) is 0 Å². The van der Waals surface area contributed by atoms with E-state index in [9.17, 15) is 0 Å². The molecule has 11 aromatic rings. The van der Waals surface area contributed by atoms with Gasteiger partial charge in [-0.05, 0) is 101 Å². The van der Waals surface area contributed by atoms with Gasteiger partial charge >= 0.3 is 0 Å². The number of hydrogen-bond acceptors (Lipinski definition) is 0. The first-order valence-corrected chi connectivity index (χ1v) is 19.6. The first-order valence-electron chi connectivity index (χ1n) is 19.6. The Morgan fingerprint density at radius 2 is 0.684 bits per heavy atom. The number of hydrogen-bond donors (Lipinski definition) is 0. The Morgan fingerprint density at radius 1 is 0.263 bits per heavy atom. The van der Waals surface area contributed by atoms with E-state index in [1.807, 2.05) is 18.2 Å². The summed E-state index contributed by atoms with van der Waals surface area (Å²) in [5.74, 6) is 0. The lowest BCUT2D eigenvalue weighted by Crippen LogP contribution is -1.95. The molecule has 0 amide bonds. The van der Waals surface area contributed by atoms with Gasteiger partial charge in [-0.25, -0.2) is 0 Å². The van der Waals surface area contributed by atoms with Crippen LogP contribution in [0.1, 0.15) is 5.56 Å². The Bertz CT molecular complexity index is 3170. The van der Waals surface area contributed by atoms with Gasteiger partial charge in [-0.2, -0.15) is 0 Å². The third kappa shape index (κ3) is 6.28. The molecule has 2 aromatic heterocycles. The van der Waals surface area contributed by atoms with Crippen LogP contribution in [0.4, 0.5) is 0 Å². The molecule has 0 bridgehead atoms. The van der Waals surface area contributed by atoms with Crippen LogP contribution in [0, 0.1) is 6.92 Å². The average Bonchev–Trinajstić information content (AvgIpc) is 3.80. The van der Waals surface area contributed by atoms with E-state index in [1.54, 1.807) is 0 Å². The fourth-order valence-corrected chi connectivity index (χ4v) is 8.39. The molecule has 57 heavy (non-hydrogen) atoms. The van der Waals surface area contributed by atoms with E-state index >= 15 is 0 Å². The van der Waals surface area contributed by atoms with Gasteiger partial charge in [0.25, 0.3) is 0 Å². The van der Waals surface area contributed by atoms with E-state index in [0.717, 1.165) is 5.69 Å². The molecule has 0 radical (unpaired) electrons. The zero-order valence-corrected chi connectivity index (χ0v) is 31.8. The van der Waals surface area contributed by atoms with E-state index in [-0.39, 0.29) is 0 Å². The Morgan fingerprint density at radius 3 is 1.25 bits per heavy atom. The molecule has 0 fully saturated rings. The molecule has 11 rings (SSSR count). The van der Waals surface area contributed by atoms with Gasteiger partial charge in [-0.3, -0.25) is 0 Å². The van der Waals surface area contributed by atoms with Gasteiger partial charge in [0.2, 0.25) is 0 Å². The Balaban J connectivity index is 0.000000514. The van der Waals surface area contributed by atoms with Crippen LogP contribution in [-0.4, -0.2) is 9.13 Å². The van der Waals surface area contributed by atoms with E-state index in [1.165, 1.54) is 88.2 Å². The standard InChI is InChI=1S/C48H32N2.C7H8/c1-3-14-33(15-4-1)39-20-7-8-21-40(39)36-16-13-19-38(30-36)50-46-25-12-10-23-42(46)44-32-35(27-29-48(44)50)34-26-28-47-43(31-34)41-22-9-11-24-45(41)49(47)37-17-5-2-6-18-37;1-7-5-3-2-4-6-7/h1-32H;2-6H,1H3. The van der Waals surface area contributed by atoms with Gasteiger partial charge in [0.05, 0.1) is 22.1 Å². The molecule has 0 aliphatic carbocycles. The lowest BCUT2D eigenvalue weighted by Gasteiger charge is -2.13. The Kier molecular flexibility index (Phi) is 8.78. The maximum atomic E-state index is 2.42. The lowest BCUT2D eigenvalue weighted by molar-refractivity contribution is 1.18. The number of rotatable bonds is 5. The zero-order chi connectivity index (χ0) is 38.1. The normalized spacial score (nSPS) is 11.2. The molecule has 270 valence electrons. The molecule has 0 spiro atoms. The van der Waals surface area contributed by atoms with Gasteiger partial charge in [-0.1, -0.05) is 169 Å². The summed E-state index contributed by atoms with van der Waals surface area (Å²) in [6, 6.07) is 80.6. The summed E-state index contributed by atoms with van der Waals surface area (Å²) in [7, 11) is 0. The van der Waals surface area contributed by atoms with Crippen molar-refractivity contribution in [2.45, 2.75) is 6.92 Å². The van der Waals surface area contributed by atoms with Crippen LogP contribution in [0.25, 0.3) is 88.4 Å². The average molecular weight is 729 g/mol. The molecule has 9 aromatic carbocycles. The molecule has 2 heterocycles. The van der Waals surface area contributed by atoms with Crippen molar-refractivity contribution in [3.63, 3.8) is 0 Å². The highest BCUT2D eigenvalue weighted by Gasteiger charge is 2.17. The van der Waals surface area contributed by atoms with Crippen molar-refractivity contribution >= 4 is 43.6 Å². The number of aromatic nitrogens is 2. The van der Waals surface area contributed by atoms with Crippen molar-refractivity contribution in [1.29, 1.82) is 0 Å². The lowest BCUT2D eigenvalue weighted by atomic mass is 9.94. The van der Waals surface area contributed by atoms with Crippen molar-refractivity contribution in [2.75, 3.05) is 0 Å².